The summed E-state index contributed by atoms with van der Waals surface area (Å²) in [5.74, 6) is -1.96. The minimum Gasteiger partial charge on any atom is -0.394 e. The second-order valence-electron chi connectivity index (χ2n) is 4.24. The molecule has 0 saturated carbocycles. The Morgan fingerprint density at radius 2 is 1.94 bits per heavy atom. The molecule has 1 saturated heterocycles. The van der Waals surface area contributed by atoms with Crippen LogP contribution in [0, 0.1) is 0 Å². The Morgan fingerprint density at radius 1 is 1.38 bits per heavy atom. The maximum absolute atomic E-state index is 10.0. The Balaban J connectivity index is 2.85. The molecule has 0 amide bonds. The highest BCUT2D eigenvalue weighted by atomic mass is 16.6. The molecule has 1 aliphatic heterocycles. The van der Waals surface area contributed by atoms with E-state index >= 15 is 0 Å². The summed E-state index contributed by atoms with van der Waals surface area (Å²) >= 11 is 0. The van der Waals surface area contributed by atoms with Crippen LogP contribution in [0.5, 0.6) is 0 Å². The number of nitrogens with two attached hydrogens (primary N) is 1. The molecule has 7 nitrogen and oxygen atoms in total. The summed E-state index contributed by atoms with van der Waals surface area (Å²) in [5.41, 5.74) is 5.53. The van der Waals surface area contributed by atoms with Gasteiger partial charge in [0.05, 0.1) is 18.8 Å². The fourth-order valence-corrected chi connectivity index (χ4v) is 1.86. The summed E-state index contributed by atoms with van der Waals surface area (Å²) < 4.78 is 5.04. The van der Waals surface area contributed by atoms with Gasteiger partial charge in [0.1, 0.15) is 18.3 Å². The van der Waals surface area contributed by atoms with Gasteiger partial charge in [0, 0.05) is 6.42 Å². The summed E-state index contributed by atoms with van der Waals surface area (Å²) in [6, 6.07) is -1.25. The Hall–Kier alpha value is -0.280. The van der Waals surface area contributed by atoms with E-state index in [1.165, 1.54) is 6.92 Å². The highest BCUT2D eigenvalue weighted by molar-refractivity contribution is 4.98. The zero-order valence-electron chi connectivity index (χ0n) is 9.02. The van der Waals surface area contributed by atoms with Gasteiger partial charge in [-0.15, -0.1) is 0 Å². The van der Waals surface area contributed by atoms with Crippen molar-refractivity contribution in [1.29, 1.82) is 0 Å². The van der Waals surface area contributed by atoms with E-state index in [9.17, 15) is 20.4 Å². The number of ether oxygens (including phenoxy) is 1. The van der Waals surface area contributed by atoms with E-state index in [1.807, 2.05) is 0 Å². The summed E-state index contributed by atoms with van der Waals surface area (Å²) in [7, 11) is 0. The van der Waals surface area contributed by atoms with Crippen molar-refractivity contribution in [2.75, 3.05) is 6.61 Å². The van der Waals surface area contributed by atoms with Gasteiger partial charge in [0.15, 0.2) is 5.79 Å². The Bertz CT molecular complexity index is 236. The van der Waals surface area contributed by atoms with Gasteiger partial charge < -0.3 is 36.0 Å². The predicted molar refractivity (Wildman–Crippen MR) is 53.2 cm³/mol. The van der Waals surface area contributed by atoms with E-state index in [-0.39, 0.29) is 6.42 Å². The van der Waals surface area contributed by atoms with Crippen LogP contribution in [0.4, 0.5) is 0 Å². The molecule has 0 radical (unpaired) electrons. The molecule has 1 rings (SSSR count). The normalized spacial score (nSPS) is 46.7. The van der Waals surface area contributed by atoms with E-state index in [2.05, 4.69) is 0 Å². The second-order valence-corrected chi connectivity index (χ2v) is 4.24. The Morgan fingerprint density at radius 3 is 2.38 bits per heavy atom. The lowest BCUT2D eigenvalue weighted by Crippen LogP contribution is -2.68. The van der Waals surface area contributed by atoms with Gasteiger partial charge in [-0.25, -0.2) is 0 Å². The number of aliphatic hydroxyl groups is 5. The monoisotopic (exact) mass is 237 g/mol. The molecular formula is C9H19NO6. The fraction of sp³-hybridized carbons (Fsp3) is 1.00. The van der Waals surface area contributed by atoms with Crippen LogP contribution in [0.15, 0.2) is 0 Å². The van der Waals surface area contributed by atoms with Crippen LogP contribution in [0.1, 0.15) is 13.3 Å². The molecule has 7 N–H and O–H groups in total. The minimum absolute atomic E-state index is 0.214. The third kappa shape index (κ3) is 2.51. The summed E-state index contributed by atoms with van der Waals surface area (Å²) in [6.45, 7) is 0.868. The minimum atomic E-state index is -1.96. The molecular weight excluding hydrogens is 218 g/mol. The smallest absolute Gasteiger partial charge is 0.186 e. The van der Waals surface area contributed by atoms with Gasteiger partial charge in [-0.05, 0) is 6.92 Å². The van der Waals surface area contributed by atoms with E-state index in [1.54, 1.807) is 0 Å². The molecule has 1 fully saturated rings. The van der Waals surface area contributed by atoms with Crippen LogP contribution >= 0.6 is 0 Å². The Kier molecular flexibility index (Phi) is 4.24. The van der Waals surface area contributed by atoms with Gasteiger partial charge >= 0.3 is 0 Å². The average Bonchev–Trinajstić information content (AvgIpc) is 2.20. The zero-order valence-corrected chi connectivity index (χ0v) is 9.02. The lowest BCUT2D eigenvalue weighted by molar-refractivity contribution is -0.321. The van der Waals surface area contributed by atoms with Crippen molar-refractivity contribution in [3.05, 3.63) is 0 Å². The van der Waals surface area contributed by atoms with Gasteiger partial charge in [0.25, 0.3) is 0 Å². The van der Waals surface area contributed by atoms with Gasteiger partial charge in [-0.2, -0.15) is 0 Å². The maximum atomic E-state index is 10.0. The van der Waals surface area contributed by atoms with Crippen molar-refractivity contribution in [3.63, 3.8) is 0 Å². The molecule has 0 aromatic rings. The standard InChI is InChI=1S/C9H19NO6/c1-4(12)2-9(15)8(10)7(14)6(13)5(3-11)16-9/h4-8,11-15H,2-3,10H2,1H3/t4?,5-,6-,7+,8-,9?/m1/s1. The van der Waals surface area contributed by atoms with Crippen LogP contribution in [0.25, 0.3) is 0 Å². The number of hydrogen-bond donors (Lipinski definition) is 6. The molecule has 16 heavy (non-hydrogen) atoms. The lowest BCUT2D eigenvalue weighted by Gasteiger charge is -2.46. The Labute approximate surface area is 93.1 Å². The molecule has 0 aliphatic carbocycles. The quantitative estimate of drug-likeness (QED) is 0.305. The largest absolute Gasteiger partial charge is 0.394 e. The molecule has 2 unspecified atom stereocenters. The zero-order chi connectivity index (χ0) is 12.5. The highest BCUT2D eigenvalue weighted by Crippen LogP contribution is 2.30. The first-order chi connectivity index (χ1) is 7.31. The number of hydrogen-bond acceptors (Lipinski definition) is 7. The molecule has 7 heteroatoms. The molecule has 0 bridgehead atoms. The molecule has 1 heterocycles. The summed E-state index contributed by atoms with van der Waals surface area (Å²) in [5, 5.41) is 47.2. The van der Waals surface area contributed by atoms with Crippen molar-refractivity contribution in [2.24, 2.45) is 5.73 Å². The first kappa shape index (κ1) is 13.8. The van der Waals surface area contributed by atoms with E-state index < -0.39 is 42.9 Å². The van der Waals surface area contributed by atoms with Crippen LogP contribution in [0.2, 0.25) is 0 Å². The third-order valence-electron chi connectivity index (χ3n) is 2.74. The molecule has 0 aromatic heterocycles. The topological polar surface area (TPSA) is 136 Å². The predicted octanol–water partition coefficient (Wildman–Crippen LogP) is -3.11. The average molecular weight is 237 g/mol. The van der Waals surface area contributed by atoms with Crippen molar-refractivity contribution < 1.29 is 30.3 Å². The molecule has 96 valence electrons. The van der Waals surface area contributed by atoms with Crippen molar-refractivity contribution in [3.8, 4) is 0 Å². The van der Waals surface area contributed by atoms with Crippen LogP contribution in [-0.4, -0.2) is 68.4 Å². The van der Waals surface area contributed by atoms with Gasteiger partial charge in [0.2, 0.25) is 0 Å². The fourth-order valence-electron chi connectivity index (χ4n) is 1.86. The van der Waals surface area contributed by atoms with Crippen LogP contribution < -0.4 is 5.73 Å². The molecule has 0 spiro atoms. The summed E-state index contributed by atoms with van der Waals surface area (Å²) in [6.07, 6.45) is -5.02. The van der Waals surface area contributed by atoms with Crippen LogP contribution in [-0.2, 0) is 4.74 Å². The number of rotatable bonds is 3. The van der Waals surface area contributed by atoms with Gasteiger partial charge in [-0.1, -0.05) is 0 Å². The lowest BCUT2D eigenvalue weighted by atomic mass is 9.88. The summed E-state index contributed by atoms with van der Waals surface area (Å²) in [4.78, 5) is 0. The van der Waals surface area contributed by atoms with Crippen LogP contribution in [0.3, 0.4) is 0 Å². The third-order valence-corrected chi connectivity index (χ3v) is 2.74. The van der Waals surface area contributed by atoms with E-state index in [0.717, 1.165) is 0 Å². The second kappa shape index (κ2) is 4.92. The van der Waals surface area contributed by atoms with Crippen molar-refractivity contribution in [2.45, 2.75) is 49.6 Å². The maximum Gasteiger partial charge on any atom is 0.186 e. The first-order valence-electron chi connectivity index (χ1n) is 5.12. The molecule has 1 aliphatic rings. The van der Waals surface area contributed by atoms with E-state index in [0.29, 0.717) is 0 Å². The number of aliphatic hydroxyl groups excluding tert-OH is 4. The van der Waals surface area contributed by atoms with Gasteiger partial charge in [-0.3, -0.25) is 0 Å². The van der Waals surface area contributed by atoms with E-state index in [4.69, 9.17) is 15.6 Å². The van der Waals surface area contributed by atoms with Crippen molar-refractivity contribution >= 4 is 0 Å². The molecule has 0 aromatic carbocycles. The SMILES string of the molecule is CC(O)CC1(O)O[C@H](CO)[C@@H](O)[C@H](O)[C@H]1N. The molecule has 6 atom stereocenters. The van der Waals surface area contributed by atoms with Crippen molar-refractivity contribution in [1.82, 2.24) is 0 Å². The highest BCUT2D eigenvalue weighted by Gasteiger charge is 2.51. The first-order valence-corrected chi connectivity index (χ1v) is 5.12.